The highest BCUT2D eigenvalue weighted by molar-refractivity contribution is 5.81. The van der Waals surface area contributed by atoms with Crippen LogP contribution in [-0.2, 0) is 6.54 Å². The largest absolute Gasteiger partial charge is 0.355 e. The van der Waals surface area contributed by atoms with Gasteiger partial charge in [0, 0.05) is 12.6 Å². The van der Waals surface area contributed by atoms with Gasteiger partial charge in [-0.05, 0) is 6.07 Å². The van der Waals surface area contributed by atoms with Crippen LogP contribution < -0.4 is 16.2 Å². The number of aromatic amines is 1. The first kappa shape index (κ1) is 8.74. The molecule has 2 rings (SSSR count). The van der Waals surface area contributed by atoms with E-state index < -0.39 is 0 Å². The molecule has 0 bridgehead atoms. The van der Waals surface area contributed by atoms with Crippen molar-refractivity contribution in [3.63, 3.8) is 0 Å². The molecule has 0 aromatic carbocycles. The van der Waals surface area contributed by atoms with E-state index in [0.717, 1.165) is 24.7 Å². The fourth-order valence-electron chi connectivity index (χ4n) is 1.16. The quantitative estimate of drug-likeness (QED) is 0.552. The molecule has 0 spiro atoms. The third-order valence-corrected chi connectivity index (χ3v) is 1.85. The summed E-state index contributed by atoms with van der Waals surface area (Å²) < 4.78 is 0. The van der Waals surface area contributed by atoms with Crippen molar-refractivity contribution < 1.29 is 0 Å². The highest BCUT2D eigenvalue weighted by Gasteiger charge is 2.03. The van der Waals surface area contributed by atoms with Crippen LogP contribution in [0, 0.1) is 0 Å². The van der Waals surface area contributed by atoms with E-state index in [1.807, 2.05) is 0 Å². The van der Waals surface area contributed by atoms with Crippen LogP contribution in [0.5, 0.6) is 0 Å². The molecule has 0 aliphatic carbocycles. The van der Waals surface area contributed by atoms with Crippen LogP contribution in [0.15, 0.2) is 21.9 Å². The van der Waals surface area contributed by atoms with Gasteiger partial charge >= 0.3 is 0 Å². The molecule has 0 amide bonds. The molecule has 0 saturated heterocycles. The molecule has 1 aromatic rings. The van der Waals surface area contributed by atoms with Gasteiger partial charge in [-0.2, -0.15) is 5.10 Å². The van der Waals surface area contributed by atoms with E-state index >= 15 is 0 Å². The van der Waals surface area contributed by atoms with Crippen LogP contribution in [0.2, 0.25) is 0 Å². The van der Waals surface area contributed by atoms with Crippen molar-refractivity contribution in [2.45, 2.75) is 6.54 Å². The molecule has 0 radical (unpaired) electrons. The zero-order chi connectivity index (χ0) is 9.80. The molecule has 0 saturated carbocycles. The molecule has 14 heavy (non-hydrogen) atoms. The van der Waals surface area contributed by atoms with Gasteiger partial charge in [0.15, 0.2) is 5.96 Å². The first-order valence-corrected chi connectivity index (χ1v) is 4.41. The Hall–Kier alpha value is -1.85. The molecule has 1 aliphatic heterocycles. The fraction of sp³-hybridized carbons (Fsp3) is 0.375. The van der Waals surface area contributed by atoms with E-state index in [2.05, 4.69) is 25.8 Å². The van der Waals surface area contributed by atoms with Crippen molar-refractivity contribution in [3.05, 3.63) is 28.2 Å². The highest BCUT2D eigenvalue weighted by atomic mass is 16.1. The highest BCUT2D eigenvalue weighted by Crippen LogP contribution is 1.88. The number of hydrogen-bond donors (Lipinski definition) is 3. The predicted molar refractivity (Wildman–Crippen MR) is 52.0 cm³/mol. The van der Waals surface area contributed by atoms with Gasteiger partial charge in [-0.1, -0.05) is 0 Å². The molecule has 3 N–H and O–H groups in total. The maximum atomic E-state index is 10.7. The smallest absolute Gasteiger partial charge is 0.264 e. The molecular formula is C8H11N5O. The Labute approximate surface area is 80.4 Å². The Bertz CT molecular complexity index is 376. The first-order valence-electron chi connectivity index (χ1n) is 4.41. The van der Waals surface area contributed by atoms with E-state index in [-0.39, 0.29) is 5.56 Å². The third-order valence-electron chi connectivity index (χ3n) is 1.85. The summed E-state index contributed by atoms with van der Waals surface area (Å²) in [5.41, 5.74) is 0.589. The number of hydrogen-bond acceptors (Lipinski definition) is 5. The normalized spacial score (nSPS) is 14.7. The van der Waals surface area contributed by atoms with Crippen LogP contribution in [0.4, 0.5) is 0 Å². The summed E-state index contributed by atoms with van der Waals surface area (Å²) in [4.78, 5) is 14.9. The number of nitrogens with one attached hydrogen (secondary N) is 3. The van der Waals surface area contributed by atoms with E-state index in [1.54, 1.807) is 6.07 Å². The second-order valence-electron chi connectivity index (χ2n) is 2.92. The summed E-state index contributed by atoms with van der Waals surface area (Å²) in [6.07, 6.45) is 0. The zero-order valence-electron chi connectivity index (χ0n) is 7.58. The zero-order valence-corrected chi connectivity index (χ0v) is 7.58. The topological polar surface area (TPSA) is 82.2 Å². The third kappa shape index (κ3) is 2.09. The Morgan fingerprint density at radius 1 is 1.50 bits per heavy atom. The monoisotopic (exact) mass is 193 g/mol. The summed E-state index contributed by atoms with van der Waals surface area (Å²) in [5.74, 6) is 0.790. The number of guanidine groups is 1. The molecule has 2 heterocycles. The van der Waals surface area contributed by atoms with Gasteiger partial charge in [0.2, 0.25) is 0 Å². The Balaban J connectivity index is 1.91. The second kappa shape index (κ2) is 3.91. The number of aliphatic imine (C=N–C) groups is 1. The minimum absolute atomic E-state index is 0.190. The summed E-state index contributed by atoms with van der Waals surface area (Å²) in [6.45, 7) is 2.24. The average molecular weight is 193 g/mol. The van der Waals surface area contributed by atoms with Crippen molar-refractivity contribution in [1.82, 2.24) is 20.8 Å². The van der Waals surface area contributed by atoms with Crippen molar-refractivity contribution in [2.24, 2.45) is 4.99 Å². The predicted octanol–water partition coefficient (Wildman–Crippen LogP) is -1.18. The fourth-order valence-corrected chi connectivity index (χ4v) is 1.16. The lowest BCUT2D eigenvalue weighted by Crippen LogP contribution is -2.33. The standard InChI is InChI=1S/C8H11N5O/c14-7-2-1-6(12-13-7)5-11-8-9-3-4-10-8/h1-2H,3-5H2,(H,13,14)(H2,9,10,11). The van der Waals surface area contributed by atoms with Crippen LogP contribution in [-0.4, -0.2) is 29.2 Å². The van der Waals surface area contributed by atoms with Crippen LogP contribution in [0.3, 0.4) is 0 Å². The number of rotatable bonds is 2. The first-order chi connectivity index (χ1) is 6.84. The molecule has 1 aromatic heterocycles. The lowest BCUT2D eigenvalue weighted by Gasteiger charge is -2.04. The van der Waals surface area contributed by atoms with Gasteiger partial charge < -0.3 is 10.6 Å². The maximum Gasteiger partial charge on any atom is 0.264 e. The van der Waals surface area contributed by atoms with Crippen LogP contribution >= 0.6 is 0 Å². The van der Waals surface area contributed by atoms with Gasteiger partial charge in [-0.25, -0.2) is 5.10 Å². The van der Waals surface area contributed by atoms with Crippen molar-refractivity contribution in [1.29, 1.82) is 0 Å². The molecule has 1 aliphatic rings. The lowest BCUT2D eigenvalue weighted by molar-refractivity contribution is 0.802. The average Bonchev–Trinajstić information content (AvgIpc) is 2.70. The van der Waals surface area contributed by atoms with Gasteiger partial charge in [0.1, 0.15) is 0 Å². The van der Waals surface area contributed by atoms with Crippen molar-refractivity contribution >= 4 is 5.96 Å². The van der Waals surface area contributed by atoms with E-state index in [1.165, 1.54) is 6.07 Å². The summed E-state index contributed by atoms with van der Waals surface area (Å²) in [5, 5.41) is 12.4. The molecular weight excluding hydrogens is 182 g/mol. The minimum Gasteiger partial charge on any atom is -0.355 e. The molecule has 0 fully saturated rings. The van der Waals surface area contributed by atoms with Gasteiger partial charge in [0.05, 0.1) is 18.8 Å². The summed E-state index contributed by atoms with van der Waals surface area (Å²) in [7, 11) is 0. The number of aromatic nitrogens is 2. The van der Waals surface area contributed by atoms with Crippen molar-refractivity contribution in [3.8, 4) is 0 Å². The minimum atomic E-state index is -0.190. The van der Waals surface area contributed by atoms with Gasteiger partial charge in [0.25, 0.3) is 5.56 Å². The van der Waals surface area contributed by atoms with Crippen LogP contribution in [0.25, 0.3) is 0 Å². The Kier molecular flexibility index (Phi) is 2.44. The van der Waals surface area contributed by atoms with Gasteiger partial charge in [-0.15, -0.1) is 0 Å². The molecule has 0 atom stereocenters. The summed E-state index contributed by atoms with van der Waals surface area (Å²) >= 11 is 0. The SMILES string of the molecule is O=c1ccc(CNC2=NCCN2)n[nH]1. The molecule has 0 unspecified atom stereocenters. The van der Waals surface area contributed by atoms with Crippen LogP contribution in [0.1, 0.15) is 5.69 Å². The molecule has 6 nitrogen and oxygen atoms in total. The molecule has 74 valence electrons. The molecule has 6 heteroatoms. The Morgan fingerprint density at radius 2 is 2.43 bits per heavy atom. The van der Waals surface area contributed by atoms with Gasteiger partial charge in [-0.3, -0.25) is 9.79 Å². The van der Waals surface area contributed by atoms with E-state index in [0.29, 0.717) is 6.54 Å². The summed E-state index contributed by atoms with van der Waals surface area (Å²) in [6, 6.07) is 3.13. The van der Waals surface area contributed by atoms with E-state index in [9.17, 15) is 4.79 Å². The number of H-pyrrole nitrogens is 1. The number of nitrogens with zero attached hydrogens (tertiary/aromatic N) is 2. The second-order valence-corrected chi connectivity index (χ2v) is 2.92. The van der Waals surface area contributed by atoms with Crippen molar-refractivity contribution in [2.75, 3.05) is 13.1 Å². The Morgan fingerprint density at radius 3 is 3.07 bits per heavy atom. The lowest BCUT2D eigenvalue weighted by atomic mass is 10.4. The maximum absolute atomic E-state index is 10.7. The van der Waals surface area contributed by atoms with E-state index in [4.69, 9.17) is 0 Å².